The molecule has 0 radical (unpaired) electrons. The normalized spacial score (nSPS) is 15.6. The summed E-state index contributed by atoms with van der Waals surface area (Å²) >= 11 is 0. The Balaban J connectivity index is 5.22. The first kappa shape index (κ1) is 20.6. The summed E-state index contributed by atoms with van der Waals surface area (Å²) in [5.74, 6) is 0. The molecule has 0 aliphatic carbocycles. The minimum atomic E-state index is -1.95. The van der Waals surface area contributed by atoms with Gasteiger partial charge in [0, 0.05) is 5.22 Å². The Bertz CT molecular complexity index is 329. The van der Waals surface area contributed by atoms with Crippen molar-refractivity contribution in [2.45, 2.75) is 96.9 Å². The first-order chi connectivity index (χ1) is 8.47. The molecular weight excluding hydrogens is 296 g/mol. The summed E-state index contributed by atoms with van der Waals surface area (Å²) in [4.78, 5) is 0. The molecule has 0 spiro atoms. The lowest BCUT2D eigenvalue weighted by molar-refractivity contribution is 0.0991. The molecule has 0 bridgehead atoms. The van der Waals surface area contributed by atoms with Crippen molar-refractivity contribution in [2.75, 3.05) is 0 Å². The highest BCUT2D eigenvalue weighted by molar-refractivity contribution is 6.82. The first-order valence-corrected chi connectivity index (χ1v) is 17.4. The van der Waals surface area contributed by atoms with Crippen LogP contribution in [0.3, 0.4) is 0 Å². The lowest BCUT2D eigenvalue weighted by atomic mass is 10.5. The molecule has 20 heavy (non-hydrogen) atoms. The SMILES string of the molecule is CC[Si](C)(C)OC(C)(C)[Si](C)(C)OC(C)(C)[Si](C)(C)C. The van der Waals surface area contributed by atoms with Gasteiger partial charge in [0.15, 0.2) is 8.32 Å². The van der Waals surface area contributed by atoms with Crippen molar-refractivity contribution in [1.82, 2.24) is 0 Å². The van der Waals surface area contributed by atoms with E-state index in [0.717, 1.165) is 6.04 Å². The minimum absolute atomic E-state index is 0.0126. The zero-order valence-electron chi connectivity index (χ0n) is 16.0. The van der Waals surface area contributed by atoms with E-state index < -0.39 is 24.7 Å². The maximum absolute atomic E-state index is 6.74. The van der Waals surface area contributed by atoms with E-state index in [0.29, 0.717) is 0 Å². The fraction of sp³-hybridized carbons (Fsp3) is 1.00. The van der Waals surface area contributed by atoms with E-state index in [-0.39, 0.29) is 10.4 Å². The molecular formula is C15H38O2Si3. The van der Waals surface area contributed by atoms with E-state index >= 15 is 0 Å². The van der Waals surface area contributed by atoms with E-state index in [2.05, 4.69) is 80.4 Å². The standard InChI is InChI=1S/C15H38O2Si3/c1-13-19(9,10)16-15(4,5)20(11,12)17-14(2,3)18(6,7)8/h13H2,1-12H3. The van der Waals surface area contributed by atoms with Crippen LogP contribution >= 0.6 is 0 Å². The molecule has 0 aliphatic heterocycles. The lowest BCUT2D eigenvalue weighted by Gasteiger charge is -2.50. The van der Waals surface area contributed by atoms with Gasteiger partial charge in [0.2, 0.25) is 8.32 Å². The van der Waals surface area contributed by atoms with Crippen molar-refractivity contribution in [1.29, 1.82) is 0 Å². The second-order valence-electron chi connectivity index (χ2n) is 9.10. The fourth-order valence-electron chi connectivity index (χ4n) is 1.80. The fourth-order valence-corrected chi connectivity index (χ4v) is 8.65. The van der Waals surface area contributed by atoms with Crippen molar-refractivity contribution in [2.24, 2.45) is 0 Å². The molecule has 0 unspecified atom stereocenters. The third-order valence-electron chi connectivity index (χ3n) is 5.15. The van der Waals surface area contributed by atoms with Gasteiger partial charge in [-0.2, -0.15) is 0 Å². The molecule has 122 valence electrons. The molecule has 0 aromatic rings. The van der Waals surface area contributed by atoms with Crippen molar-refractivity contribution < 1.29 is 8.85 Å². The zero-order valence-corrected chi connectivity index (χ0v) is 19.0. The van der Waals surface area contributed by atoms with E-state index in [1.165, 1.54) is 0 Å². The van der Waals surface area contributed by atoms with Crippen LogP contribution in [0.25, 0.3) is 0 Å². The highest BCUT2D eigenvalue weighted by Gasteiger charge is 2.50. The number of hydrogen-bond donors (Lipinski definition) is 0. The Morgan fingerprint density at radius 1 is 0.700 bits per heavy atom. The topological polar surface area (TPSA) is 18.5 Å². The highest BCUT2D eigenvalue weighted by Crippen LogP contribution is 2.36. The second kappa shape index (κ2) is 5.99. The molecule has 0 rings (SSSR count). The Kier molecular flexibility index (Phi) is 6.16. The van der Waals surface area contributed by atoms with Crippen LogP contribution in [0.2, 0.25) is 51.9 Å². The Morgan fingerprint density at radius 3 is 1.40 bits per heavy atom. The molecule has 2 nitrogen and oxygen atoms in total. The summed E-state index contributed by atoms with van der Waals surface area (Å²) in [5, 5.41) is -0.156. The summed E-state index contributed by atoms with van der Waals surface area (Å²) in [6.45, 7) is 27.7. The molecule has 5 heteroatoms. The van der Waals surface area contributed by atoms with Gasteiger partial charge in [0.1, 0.15) is 0 Å². The minimum Gasteiger partial charge on any atom is -0.412 e. The van der Waals surface area contributed by atoms with Crippen molar-refractivity contribution in [3.8, 4) is 0 Å². The quantitative estimate of drug-likeness (QED) is 0.578. The van der Waals surface area contributed by atoms with Crippen LogP contribution in [0.4, 0.5) is 0 Å². The van der Waals surface area contributed by atoms with E-state index in [1.54, 1.807) is 0 Å². The van der Waals surface area contributed by atoms with E-state index in [9.17, 15) is 0 Å². The van der Waals surface area contributed by atoms with Crippen LogP contribution in [0.1, 0.15) is 34.6 Å². The Hall–Kier alpha value is 0.571. The van der Waals surface area contributed by atoms with Gasteiger partial charge < -0.3 is 8.85 Å². The van der Waals surface area contributed by atoms with Gasteiger partial charge in [-0.1, -0.05) is 26.6 Å². The largest absolute Gasteiger partial charge is 0.412 e. The molecule has 0 aromatic carbocycles. The predicted molar refractivity (Wildman–Crippen MR) is 99.1 cm³/mol. The monoisotopic (exact) mass is 334 g/mol. The van der Waals surface area contributed by atoms with Crippen LogP contribution in [0.5, 0.6) is 0 Å². The molecule has 0 fully saturated rings. The summed E-state index contributed by atoms with van der Waals surface area (Å²) < 4.78 is 13.3. The molecule has 0 saturated carbocycles. The molecule has 0 amide bonds. The maximum Gasteiger partial charge on any atom is 0.216 e. The van der Waals surface area contributed by atoms with Gasteiger partial charge >= 0.3 is 0 Å². The van der Waals surface area contributed by atoms with Gasteiger partial charge in [-0.05, 0) is 59.9 Å². The average molecular weight is 335 g/mol. The Labute approximate surface area is 130 Å². The van der Waals surface area contributed by atoms with Gasteiger partial charge in [-0.3, -0.25) is 0 Å². The third kappa shape index (κ3) is 5.09. The van der Waals surface area contributed by atoms with Crippen LogP contribution in [-0.2, 0) is 8.85 Å². The molecule has 0 saturated heterocycles. The van der Waals surface area contributed by atoms with Crippen LogP contribution < -0.4 is 0 Å². The van der Waals surface area contributed by atoms with E-state index in [1.807, 2.05) is 0 Å². The lowest BCUT2D eigenvalue weighted by Crippen LogP contribution is -2.64. The van der Waals surface area contributed by atoms with Crippen LogP contribution in [0.15, 0.2) is 0 Å². The smallest absolute Gasteiger partial charge is 0.216 e. The van der Waals surface area contributed by atoms with E-state index in [4.69, 9.17) is 8.85 Å². The molecule has 0 aliphatic rings. The average Bonchev–Trinajstić information content (AvgIpc) is 2.12. The van der Waals surface area contributed by atoms with Crippen molar-refractivity contribution >= 4 is 24.7 Å². The van der Waals surface area contributed by atoms with Gasteiger partial charge in [-0.15, -0.1) is 0 Å². The van der Waals surface area contributed by atoms with Crippen molar-refractivity contribution in [3.63, 3.8) is 0 Å². The summed E-state index contributed by atoms with van der Waals surface area (Å²) in [5.41, 5.74) is 0. The maximum atomic E-state index is 6.74. The highest BCUT2D eigenvalue weighted by atomic mass is 28.4. The summed E-state index contributed by atoms with van der Waals surface area (Å²) in [7, 11) is -4.90. The van der Waals surface area contributed by atoms with Crippen LogP contribution in [-0.4, -0.2) is 35.2 Å². The Morgan fingerprint density at radius 2 is 1.10 bits per heavy atom. The number of rotatable bonds is 7. The van der Waals surface area contributed by atoms with Gasteiger partial charge in [0.25, 0.3) is 0 Å². The zero-order chi connectivity index (χ0) is 16.6. The third-order valence-corrected chi connectivity index (χ3v) is 16.1. The summed E-state index contributed by atoms with van der Waals surface area (Å²) in [6, 6.07) is 1.15. The molecule has 0 aromatic heterocycles. The first-order valence-electron chi connectivity index (χ1n) is 7.88. The summed E-state index contributed by atoms with van der Waals surface area (Å²) in [6.07, 6.45) is 0. The number of hydrogen-bond acceptors (Lipinski definition) is 2. The molecule has 0 N–H and O–H groups in total. The predicted octanol–water partition coefficient (Wildman–Crippen LogP) is 5.42. The molecule has 0 atom stereocenters. The van der Waals surface area contributed by atoms with Crippen LogP contribution in [0, 0.1) is 0 Å². The van der Waals surface area contributed by atoms with Gasteiger partial charge in [-0.25, -0.2) is 0 Å². The van der Waals surface area contributed by atoms with Gasteiger partial charge in [0.05, 0.1) is 13.3 Å². The van der Waals surface area contributed by atoms with Crippen molar-refractivity contribution in [3.05, 3.63) is 0 Å². The molecule has 0 heterocycles. The second-order valence-corrected chi connectivity index (χ2v) is 23.7.